The molecule has 1 fully saturated rings. The molecule has 0 unspecified atom stereocenters. The molecule has 0 aliphatic carbocycles. The molecule has 1 aliphatic rings. The SMILES string of the molecule is CCOc1cccc(COc2c(N3CCN(S(=O)(=O)C(C)C)CC3)cnn(-c3cccc(Cl)c3)c2=O)c1. The molecule has 0 atom stereocenters. The Morgan fingerprint density at radius 3 is 2.43 bits per heavy atom. The summed E-state index contributed by atoms with van der Waals surface area (Å²) in [5.74, 6) is 0.856. The molecule has 198 valence electrons. The van der Waals surface area contributed by atoms with Gasteiger partial charge in [0.1, 0.15) is 18.0 Å². The van der Waals surface area contributed by atoms with Gasteiger partial charge in [-0.3, -0.25) is 4.79 Å². The lowest BCUT2D eigenvalue weighted by atomic mass is 10.2. The van der Waals surface area contributed by atoms with Crippen LogP contribution < -0.4 is 19.9 Å². The van der Waals surface area contributed by atoms with Crippen molar-refractivity contribution >= 4 is 27.3 Å². The van der Waals surface area contributed by atoms with Gasteiger partial charge in [0.05, 0.1) is 23.7 Å². The lowest BCUT2D eigenvalue weighted by Gasteiger charge is -2.36. The van der Waals surface area contributed by atoms with Gasteiger partial charge in [0.2, 0.25) is 15.8 Å². The van der Waals surface area contributed by atoms with Gasteiger partial charge < -0.3 is 14.4 Å². The molecular weight excluding hydrogens is 516 g/mol. The van der Waals surface area contributed by atoms with E-state index in [1.807, 2.05) is 36.1 Å². The van der Waals surface area contributed by atoms with Crippen molar-refractivity contribution in [1.82, 2.24) is 14.1 Å². The van der Waals surface area contributed by atoms with E-state index in [2.05, 4.69) is 5.10 Å². The number of sulfonamides is 1. The predicted molar refractivity (Wildman–Crippen MR) is 145 cm³/mol. The van der Waals surface area contributed by atoms with Gasteiger partial charge in [-0.15, -0.1) is 0 Å². The summed E-state index contributed by atoms with van der Waals surface area (Å²) in [4.78, 5) is 15.6. The first-order valence-corrected chi connectivity index (χ1v) is 14.1. The smallest absolute Gasteiger partial charge is 0.316 e. The van der Waals surface area contributed by atoms with Crippen molar-refractivity contribution in [2.24, 2.45) is 0 Å². The molecule has 0 spiro atoms. The van der Waals surface area contributed by atoms with Crippen LogP contribution >= 0.6 is 11.6 Å². The van der Waals surface area contributed by atoms with Gasteiger partial charge in [-0.2, -0.15) is 14.1 Å². The Labute approximate surface area is 222 Å². The number of nitrogens with zero attached hydrogens (tertiary/aromatic N) is 4. The molecule has 2 heterocycles. The molecule has 37 heavy (non-hydrogen) atoms. The molecule has 3 aromatic rings. The summed E-state index contributed by atoms with van der Waals surface area (Å²) in [7, 11) is -3.36. The first kappa shape index (κ1) is 27.0. The summed E-state index contributed by atoms with van der Waals surface area (Å²) in [6.45, 7) is 7.39. The molecule has 11 heteroatoms. The maximum absolute atomic E-state index is 13.6. The Kier molecular flexibility index (Phi) is 8.41. The Morgan fingerprint density at radius 1 is 1.03 bits per heavy atom. The van der Waals surface area contributed by atoms with Gasteiger partial charge in [0, 0.05) is 31.2 Å². The molecule has 4 rings (SSSR count). The number of halogens is 1. The minimum absolute atomic E-state index is 0.136. The average molecular weight is 547 g/mol. The molecule has 0 bridgehead atoms. The number of ether oxygens (including phenoxy) is 2. The van der Waals surface area contributed by atoms with Crippen molar-refractivity contribution in [2.75, 3.05) is 37.7 Å². The van der Waals surface area contributed by atoms with Crippen LogP contribution in [0.3, 0.4) is 0 Å². The van der Waals surface area contributed by atoms with Crippen LogP contribution in [0.2, 0.25) is 5.02 Å². The summed E-state index contributed by atoms with van der Waals surface area (Å²) < 4.78 is 39.7. The van der Waals surface area contributed by atoms with Crippen LogP contribution in [0.15, 0.2) is 59.5 Å². The number of anilines is 1. The summed E-state index contributed by atoms with van der Waals surface area (Å²) >= 11 is 6.15. The van der Waals surface area contributed by atoms with E-state index < -0.39 is 20.8 Å². The quantitative estimate of drug-likeness (QED) is 0.404. The van der Waals surface area contributed by atoms with E-state index in [1.54, 1.807) is 44.3 Å². The number of rotatable bonds is 9. The van der Waals surface area contributed by atoms with E-state index in [9.17, 15) is 13.2 Å². The van der Waals surface area contributed by atoms with E-state index in [-0.39, 0.29) is 12.4 Å². The highest BCUT2D eigenvalue weighted by molar-refractivity contribution is 7.89. The van der Waals surface area contributed by atoms with Gasteiger partial charge in [0.25, 0.3) is 0 Å². The minimum atomic E-state index is -3.36. The average Bonchev–Trinajstić information content (AvgIpc) is 2.88. The fourth-order valence-electron chi connectivity index (χ4n) is 4.11. The Hall–Kier alpha value is -3.08. The standard InChI is InChI=1S/C26H31ClN4O5S/c1-4-35-23-10-5-7-20(15-23)18-36-25-24(29-11-13-30(14-12-29)37(33,34)19(2)3)17-28-31(26(25)32)22-9-6-8-21(27)16-22/h5-10,15-17,19H,4,11-14,18H2,1-3H3. The van der Waals surface area contributed by atoms with E-state index >= 15 is 0 Å². The van der Waals surface area contributed by atoms with Crippen LogP contribution in [0.5, 0.6) is 11.5 Å². The zero-order chi connectivity index (χ0) is 26.6. The first-order chi connectivity index (χ1) is 17.7. The summed E-state index contributed by atoms with van der Waals surface area (Å²) in [5.41, 5.74) is 1.44. The Balaban J connectivity index is 1.66. The number of hydrogen-bond acceptors (Lipinski definition) is 7. The summed E-state index contributed by atoms with van der Waals surface area (Å²) in [6.07, 6.45) is 1.58. The van der Waals surface area contributed by atoms with Gasteiger partial charge in [0.15, 0.2) is 0 Å². The van der Waals surface area contributed by atoms with Crippen LogP contribution in [0.25, 0.3) is 5.69 Å². The van der Waals surface area contributed by atoms with Gasteiger partial charge in [-0.25, -0.2) is 8.42 Å². The van der Waals surface area contributed by atoms with Crippen molar-refractivity contribution < 1.29 is 17.9 Å². The molecular formula is C26H31ClN4O5S. The molecule has 2 aromatic carbocycles. The largest absolute Gasteiger partial charge is 0.494 e. The fourth-order valence-corrected chi connectivity index (χ4v) is 5.56. The second kappa shape index (κ2) is 11.5. The van der Waals surface area contributed by atoms with Crippen LogP contribution in [0, 0.1) is 0 Å². The third-order valence-electron chi connectivity index (χ3n) is 6.10. The highest BCUT2D eigenvalue weighted by atomic mass is 35.5. The molecule has 0 saturated carbocycles. The maximum atomic E-state index is 13.6. The van der Waals surface area contributed by atoms with E-state index in [4.69, 9.17) is 21.1 Å². The second-order valence-electron chi connectivity index (χ2n) is 8.90. The van der Waals surface area contributed by atoms with E-state index in [1.165, 1.54) is 8.99 Å². The third-order valence-corrected chi connectivity index (χ3v) is 8.61. The molecule has 0 amide bonds. The number of piperazine rings is 1. The zero-order valence-corrected chi connectivity index (χ0v) is 22.7. The summed E-state index contributed by atoms with van der Waals surface area (Å²) in [5, 5.41) is 4.37. The monoisotopic (exact) mass is 546 g/mol. The van der Waals surface area contributed by atoms with Crippen molar-refractivity contribution in [3.8, 4) is 17.2 Å². The third kappa shape index (κ3) is 6.08. The molecule has 0 radical (unpaired) electrons. The first-order valence-electron chi connectivity index (χ1n) is 12.2. The molecule has 1 aliphatic heterocycles. The molecule has 9 nitrogen and oxygen atoms in total. The lowest BCUT2D eigenvalue weighted by Crippen LogP contribution is -2.50. The summed E-state index contributed by atoms with van der Waals surface area (Å²) in [6, 6.07) is 14.4. The highest BCUT2D eigenvalue weighted by Gasteiger charge is 2.31. The zero-order valence-electron chi connectivity index (χ0n) is 21.1. The lowest BCUT2D eigenvalue weighted by molar-refractivity contribution is 0.295. The predicted octanol–water partition coefficient (Wildman–Crippen LogP) is 3.72. The maximum Gasteiger partial charge on any atom is 0.316 e. The Bertz CT molecular complexity index is 1400. The topological polar surface area (TPSA) is 94.0 Å². The highest BCUT2D eigenvalue weighted by Crippen LogP contribution is 2.28. The number of benzene rings is 2. The molecule has 0 N–H and O–H groups in total. The van der Waals surface area contributed by atoms with Crippen molar-refractivity contribution in [3.63, 3.8) is 0 Å². The van der Waals surface area contributed by atoms with E-state index in [0.717, 1.165) is 11.3 Å². The normalized spacial score (nSPS) is 14.7. The van der Waals surface area contributed by atoms with Crippen molar-refractivity contribution in [1.29, 1.82) is 0 Å². The second-order valence-corrected chi connectivity index (χ2v) is 11.8. The molecule has 1 aromatic heterocycles. The Morgan fingerprint density at radius 2 is 1.76 bits per heavy atom. The van der Waals surface area contributed by atoms with Crippen LogP contribution in [-0.4, -0.2) is 60.5 Å². The minimum Gasteiger partial charge on any atom is -0.494 e. The van der Waals surface area contributed by atoms with Crippen LogP contribution in [-0.2, 0) is 16.6 Å². The number of aromatic nitrogens is 2. The van der Waals surface area contributed by atoms with Crippen molar-refractivity contribution in [3.05, 3.63) is 75.7 Å². The van der Waals surface area contributed by atoms with Crippen molar-refractivity contribution in [2.45, 2.75) is 32.6 Å². The van der Waals surface area contributed by atoms with Gasteiger partial charge >= 0.3 is 5.56 Å². The van der Waals surface area contributed by atoms with E-state index in [0.29, 0.717) is 49.2 Å². The van der Waals surface area contributed by atoms with Crippen LogP contribution in [0.1, 0.15) is 26.3 Å². The number of hydrogen-bond donors (Lipinski definition) is 0. The van der Waals surface area contributed by atoms with Gasteiger partial charge in [-0.05, 0) is 56.7 Å². The van der Waals surface area contributed by atoms with Crippen LogP contribution in [0.4, 0.5) is 5.69 Å². The fraction of sp³-hybridized carbons (Fsp3) is 0.385. The molecule has 1 saturated heterocycles. The van der Waals surface area contributed by atoms with Gasteiger partial charge in [-0.1, -0.05) is 29.8 Å².